The average molecular weight is 431 g/mol. The van der Waals surface area contributed by atoms with Crippen molar-refractivity contribution in [2.75, 3.05) is 65.4 Å². The van der Waals surface area contributed by atoms with Crippen LogP contribution in [-0.2, 0) is 16.1 Å². The number of fused-ring (bicyclic) bond motifs is 1. The Morgan fingerprint density at radius 2 is 1.68 bits per heavy atom. The Morgan fingerprint density at radius 1 is 1.00 bits per heavy atom. The zero-order chi connectivity index (χ0) is 22.1. The van der Waals surface area contributed by atoms with E-state index in [9.17, 15) is 19.9 Å². The number of rotatable bonds is 6. The van der Waals surface area contributed by atoms with E-state index in [2.05, 4.69) is 10.2 Å². The first-order valence-corrected chi connectivity index (χ1v) is 10.7. The second-order valence-electron chi connectivity index (χ2n) is 7.86. The number of carboxylic acids is 1. The number of nitrogens with one attached hydrogen (secondary N) is 1. The van der Waals surface area contributed by atoms with Crippen LogP contribution in [0.2, 0.25) is 0 Å². The van der Waals surface area contributed by atoms with Gasteiger partial charge in [0, 0.05) is 63.2 Å². The van der Waals surface area contributed by atoms with Crippen molar-refractivity contribution < 1.29 is 24.6 Å². The van der Waals surface area contributed by atoms with E-state index in [1.54, 1.807) is 6.20 Å². The maximum atomic E-state index is 11.3. The Bertz CT molecular complexity index is 878. The first-order chi connectivity index (χ1) is 15.1. The van der Waals surface area contributed by atoms with Gasteiger partial charge in [-0.2, -0.15) is 0 Å². The van der Waals surface area contributed by atoms with E-state index < -0.39 is 5.97 Å². The molecule has 0 atom stereocenters. The molecule has 0 amide bonds. The molecule has 9 nitrogen and oxygen atoms in total. The summed E-state index contributed by atoms with van der Waals surface area (Å²) in [6, 6.07) is 9.85. The van der Waals surface area contributed by atoms with Crippen LogP contribution in [-0.4, -0.2) is 103 Å². The summed E-state index contributed by atoms with van der Waals surface area (Å²) in [5.41, 5.74) is 0.812. The first kappa shape index (κ1) is 23.1. The highest BCUT2D eigenvalue weighted by atomic mass is 16.5. The van der Waals surface area contributed by atoms with Gasteiger partial charge in [0.15, 0.2) is 0 Å². The van der Waals surface area contributed by atoms with Crippen molar-refractivity contribution in [1.29, 1.82) is 0 Å². The van der Waals surface area contributed by atoms with Crippen molar-refractivity contribution in [2.45, 2.75) is 6.54 Å². The summed E-state index contributed by atoms with van der Waals surface area (Å²) < 4.78 is 1.18. The molecule has 0 bridgehead atoms. The summed E-state index contributed by atoms with van der Waals surface area (Å²) in [5, 5.41) is 25.3. The highest BCUT2D eigenvalue weighted by molar-refractivity contribution is 5.83. The van der Waals surface area contributed by atoms with Crippen molar-refractivity contribution in [1.82, 2.24) is 20.0 Å². The lowest BCUT2D eigenvalue weighted by molar-refractivity contribution is -0.909. The molecule has 2 aromatic rings. The molecule has 0 unspecified atom stereocenters. The Hall–Kier alpha value is -2.59. The second-order valence-corrected chi connectivity index (χ2v) is 7.86. The summed E-state index contributed by atoms with van der Waals surface area (Å²) in [7, 11) is 0. The number of benzene rings is 1. The summed E-state index contributed by atoms with van der Waals surface area (Å²) in [4.78, 5) is 28.5. The number of aliphatic carboxylic acids is 1. The molecule has 1 aromatic carbocycles. The third kappa shape index (κ3) is 6.96. The Kier molecular flexibility index (Phi) is 8.72. The van der Waals surface area contributed by atoms with Gasteiger partial charge in [0.25, 0.3) is 5.69 Å². The lowest BCUT2D eigenvalue weighted by Gasteiger charge is -2.29. The lowest BCUT2D eigenvalue weighted by Crippen LogP contribution is -2.47. The van der Waals surface area contributed by atoms with Gasteiger partial charge >= 0.3 is 5.97 Å². The Morgan fingerprint density at radius 3 is 2.42 bits per heavy atom. The largest absolute Gasteiger partial charge is 0.480 e. The van der Waals surface area contributed by atoms with E-state index >= 15 is 0 Å². The van der Waals surface area contributed by atoms with E-state index in [0.29, 0.717) is 39.3 Å². The molecule has 0 spiro atoms. The third-order valence-corrected chi connectivity index (χ3v) is 5.68. The van der Waals surface area contributed by atoms with Gasteiger partial charge in [-0.1, -0.05) is 18.2 Å². The molecule has 1 aliphatic heterocycles. The molecular formula is C22H32N5O4+. The molecule has 9 heteroatoms. The number of carboxylic acid groups (broad SMARTS) is 1. The molecular weight excluding hydrogens is 398 g/mol. The highest BCUT2D eigenvalue weighted by Gasteiger charge is 2.21. The summed E-state index contributed by atoms with van der Waals surface area (Å²) in [5.74, 6) is -0.857. The molecule has 1 aliphatic rings. The normalized spacial score (nSPS) is 18.3. The maximum Gasteiger partial charge on any atom is 0.317 e. The molecule has 31 heavy (non-hydrogen) atoms. The summed E-state index contributed by atoms with van der Waals surface area (Å²) in [6.07, 6.45) is 2.55. The number of aldehydes is 1. The van der Waals surface area contributed by atoms with Crippen LogP contribution in [0.4, 0.5) is 0 Å². The predicted octanol–water partition coefficient (Wildman–Crippen LogP) is -0.343. The molecule has 0 aliphatic carbocycles. The minimum absolute atomic E-state index is 0.0325. The van der Waals surface area contributed by atoms with E-state index in [-0.39, 0.29) is 6.54 Å². The van der Waals surface area contributed by atoms with E-state index in [0.717, 1.165) is 48.9 Å². The average Bonchev–Trinajstić information content (AvgIpc) is 2.75. The van der Waals surface area contributed by atoms with Crippen LogP contribution < -0.4 is 10.0 Å². The van der Waals surface area contributed by atoms with Gasteiger partial charge in [-0.25, -0.2) is 0 Å². The van der Waals surface area contributed by atoms with Crippen LogP contribution in [0.5, 0.6) is 0 Å². The van der Waals surface area contributed by atoms with Crippen LogP contribution >= 0.6 is 0 Å². The van der Waals surface area contributed by atoms with Gasteiger partial charge in [-0.15, -0.1) is 0 Å². The SMILES string of the molecule is O=CCN1CCNCCN(Cc2c3ccccc3cc[n+]2O)CCN(CC(=O)O)CC1. The molecule has 1 saturated heterocycles. The number of carbonyl (C=O) groups excluding carboxylic acids is 1. The van der Waals surface area contributed by atoms with Crippen molar-refractivity contribution in [3.8, 4) is 0 Å². The Labute approximate surface area is 182 Å². The monoisotopic (exact) mass is 430 g/mol. The minimum atomic E-state index is -0.857. The standard InChI is InChI=1S/C22H31N5O4/c28-16-15-24-9-6-23-7-10-25(13-14-26(12-11-24)18-22(29)30)17-21-20-4-2-1-3-19(20)5-8-27(21)31/h1-5,8,16,23H,6-7,9-15,17-18H2,(H-,29,30,31)/p+1. The van der Waals surface area contributed by atoms with Gasteiger partial charge in [0.2, 0.25) is 6.20 Å². The first-order valence-electron chi connectivity index (χ1n) is 10.7. The highest BCUT2D eigenvalue weighted by Crippen LogP contribution is 2.16. The number of pyridine rings is 1. The summed E-state index contributed by atoms with van der Waals surface area (Å²) >= 11 is 0. The van der Waals surface area contributed by atoms with Crippen LogP contribution in [0.3, 0.4) is 0 Å². The van der Waals surface area contributed by atoms with Crippen LogP contribution in [0.15, 0.2) is 36.5 Å². The summed E-state index contributed by atoms with van der Waals surface area (Å²) in [6.45, 7) is 6.40. The zero-order valence-electron chi connectivity index (χ0n) is 17.8. The predicted molar refractivity (Wildman–Crippen MR) is 116 cm³/mol. The van der Waals surface area contributed by atoms with Gasteiger partial charge in [-0.3, -0.25) is 24.7 Å². The smallest absolute Gasteiger partial charge is 0.317 e. The number of aromatic nitrogens is 1. The zero-order valence-corrected chi connectivity index (χ0v) is 17.8. The molecule has 3 rings (SSSR count). The van der Waals surface area contributed by atoms with Crippen LogP contribution in [0.25, 0.3) is 10.8 Å². The number of carbonyl (C=O) groups is 2. The topological polar surface area (TPSA) is 100 Å². The molecule has 2 heterocycles. The number of hydrogen-bond donors (Lipinski definition) is 3. The van der Waals surface area contributed by atoms with Crippen molar-refractivity contribution in [2.24, 2.45) is 0 Å². The molecule has 1 aromatic heterocycles. The van der Waals surface area contributed by atoms with Crippen molar-refractivity contribution in [3.05, 3.63) is 42.2 Å². The molecule has 3 N–H and O–H groups in total. The van der Waals surface area contributed by atoms with Gasteiger partial charge in [0.05, 0.1) is 25.0 Å². The van der Waals surface area contributed by atoms with Gasteiger partial charge in [-0.05, 0) is 11.5 Å². The third-order valence-electron chi connectivity index (χ3n) is 5.68. The van der Waals surface area contributed by atoms with E-state index in [4.69, 9.17) is 0 Å². The fourth-order valence-corrected chi connectivity index (χ4v) is 3.93. The van der Waals surface area contributed by atoms with E-state index in [1.807, 2.05) is 40.1 Å². The fourth-order valence-electron chi connectivity index (χ4n) is 3.93. The van der Waals surface area contributed by atoms with E-state index in [1.165, 1.54) is 4.73 Å². The number of nitrogens with zero attached hydrogens (tertiary/aromatic N) is 4. The maximum absolute atomic E-state index is 11.3. The lowest BCUT2D eigenvalue weighted by atomic mass is 10.1. The minimum Gasteiger partial charge on any atom is -0.480 e. The molecule has 0 saturated carbocycles. The molecule has 168 valence electrons. The Balaban J connectivity index is 1.74. The van der Waals surface area contributed by atoms with Crippen LogP contribution in [0, 0.1) is 0 Å². The fraction of sp³-hybridized carbons (Fsp3) is 0.500. The molecule has 1 fully saturated rings. The quantitative estimate of drug-likeness (QED) is 0.325. The number of hydrogen-bond acceptors (Lipinski definition) is 7. The van der Waals surface area contributed by atoms with Crippen LogP contribution in [0.1, 0.15) is 5.69 Å². The van der Waals surface area contributed by atoms with Crippen molar-refractivity contribution >= 4 is 23.0 Å². The van der Waals surface area contributed by atoms with Gasteiger partial charge in [0.1, 0.15) is 6.29 Å². The van der Waals surface area contributed by atoms with Crippen molar-refractivity contribution in [3.63, 3.8) is 0 Å². The van der Waals surface area contributed by atoms with Gasteiger partial charge < -0.3 is 15.2 Å². The molecule has 0 radical (unpaired) electrons. The second kappa shape index (κ2) is 11.7.